The zero-order valence-corrected chi connectivity index (χ0v) is 14.7. The Morgan fingerprint density at radius 2 is 2.05 bits per heavy atom. The third-order valence-corrected chi connectivity index (χ3v) is 4.73. The van der Waals surface area contributed by atoms with Gasteiger partial charge in [-0.15, -0.1) is 11.3 Å². The van der Waals surface area contributed by atoms with Crippen LogP contribution in [0.4, 0.5) is 5.69 Å². The molecule has 0 aliphatic heterocycles. The molecule has 0 saturated carbocycles. The van der Waals surface area contributed by atoms with Crippen molar-refractivity contribution in [2.75, 3.05) is 11.9 Å². The molecular weight excluding hydrogens is 406 g/mol. The fourth-order valence-corrected chi connectivity index (χ4v) is 4.06. The Morgan fingerprint density at radius 1 is 1.40 bits per heavy atom. The molecule has 0 radical (unpaired) electrons. The van der Waals surface area contributed by atoms with Crippen molar-refractivity contribution in [3.8, 4) is 0 Å². The number of amides is 1. The Balaban J connectivity index is 2.19. The fraction of sp³-hybridized carbons (Fsp3) is 0.231. The van der Waals surface area contributed by atoms with E-state index in [0.717, 1.165) is 19.5 Å². The number of nitrogens with one attached hydrogen (secondary N) is 1. The molecule has 2 aromatic rings. The molecule has 1 aromatic carbocycles. The van der Waals surface area contributed by atoms with Crippen LogP contribution in [0.3, 0.4) is 0 Å². The second kappa shape index (κ2) is 6.80. The van der Waals surface area contributed by atoms with Crippen molar-refractivity contribution >= 4 is 54.8 Å². The predicted octanol–water partition coefficient (Wildman–Crippen LogP) is 3.73. The predicted molar refractivity (Wildman–Crippen MR) is 89.4 cm³/mol. The largest absolute Gasteiger partial charge is 0.330 e. The summed E-state index contributed by atoms with van der Waals surface area (Å²) >= 11 is 8.35. The van der Waals surface area contributed by atoms with E-state index in [1.807, 2.05) is 19.1 Å². The van der Waals surface area contributed by atoms with Crippen molar-refractivity contribution < 1.29 is 4.79 Å². The maximum absolute atomic E-state index is 12.2. The quantitative estimate of drug-likeness (QED) is 0.794. The van der Waals surface area contributed by atoms with Gasteiger partial charge in [-0.2, -0.15) is 0 Å². The normalized spacial score (nSPS) is 10.6. The van der Waals surface area contributed by atoms with E-state index < -0.39 is 0 Å². The summed E-state index contributed by atoms with van der Waals surface area (Å²) in [4.78, 5) is 16.5. The van der Waals surface area contributed by atoms with Gasteiger partial charge in [0.15, 0.2) is 0 Å². The second-order valence-corrected chi connectivity index (χ2v) is 6.87. The molecule has 1 aromatic heterocycles. The SMILES string of the molecule is Cc1cc(Br)c(NC(=O)c2csc(CCN)n2)c(Br)c1. The Morgan fingerprint density at radius 3 is 2.65 bits per heavy atom. The summed E-state index contributed by atoms with van der Waals surface area (Å²) in [6, 6.07) is 3.89. The van der Waals surface area contributed by atoms with Crippen molar-refractivity contribution in [2.24, 2.45) is 5.73 Å². The number of carbonyl (C=O) groups excluding carboxylic acids is 1. The number of benzene rings is 1. The van der Waals surface area contributed by atoms with Gasteiger partial charge in [0, 0.05) is 20.7 Å². The molecule has 0 unspecified atom stereocenters. The van der Waals surface area contributed by atoms with Gasteiger partial charge in [0.05, 0.1) is 10.7 Å². The third kappa shape index (κ3) is 3.66. The highest BCUT2D eigenvalue weighted by Crippen LogP contribution is 2.32. The van der Waals surface area contributed by atoms with E-state index >= 15 is 0 Å². The van der Waals surface area contributed by atoms with E-state index in [1.54, 1.807) is 5.38 Å². The van der Waals surface area contributed by atoms with Crippen LogP contribution in [0.15, 0.2) is 26.5 Å². The number of rotatable bonds is 4. The molecule has 1 amide bonds. The van der Waals surface area contributed by atoms with Crippen LogP contribution in [-0.2, 0) is 6.42 Å². The monoisotopic (exact) mass is 417 g/mol. The van der Waals surface area contributed by atoms with E-state index in [-0.39, 0.29) is 5.91 Å². The van der Waals surface area contributed by atoms with Crippen LogP contribution in [0.5, 0.6) is 0 Å². The molecule has 0 bridgehead atoms. The van der Waals surface area contributed by atoms with Crippen LogP contribution >= 0.6 is 43.2 Å². The number of aryl methyl sites for hydroxylation is 1. The molecule has 1 heterocycles. The van der Waals surface area contributed by atoms with Crippen molar-refractivity contribution in [1.29, 1.82) is 0 Å². The molecule has 0 aliphatic carbocycles. The average molecular weight is 419 g/mol. The Kier molecular flexibility index (Phi) is 5.31. The number of hydrogen-bond acceptors (Lipinski definition) is 4. The lowest BCUT2D eigenvalue weighted by atomic mass is 10.2. The van der Waals surface area contributed by atoms with Gasteiger partial charge in [0.25, 0.3) is 5.91 Å². The Bertz CT molecular complexity index is 619. The van der Waals surface area contributed by atoms with E-state index in [2.05, 4.69) is 42.2 Å². The van der Waals surface area contributed by atoms with Gasteiger partial charge in [0.2, 0.25) is 0 Å². The molecule has 0 aliphatic rings. The van der Waals surface area contributed by atoms with Crippen LogP contribution < -0.4 is 11.1 Å². The summed E-state index contributed by atoms with van der Waals surface area (Å²) < 4.78 is 1.66. The molecule has 0 spiro atoms. The molecule has 7 heteroatoms. The molecule has 106 valence electrons. The zero-order valence-electron chi connectivity index (χ0n) is 10.7. The van der Waals surface area contributed by atoms with Gasteiger partial charge in [-0.05, 0) is 63.0 Å². The molecule has 0 atom stereocenters. The summed E-state index contributed by atoms with van der Waals surface area (Å²) in [6.07, 6.45) is 0.690. The molecule has 0 fully saturated rings. The number of aromatic nitrogens is 1. The molecular formula is C13H13Br2N3OS. The van der Waals surface area contributed by atoms with E-state index in [1.165, 1.54) is 11.3 Å². The van der Waals surface area contributed by atoms with E-state index in [9.17, 15) is 4.79 Å². The van der Waals surface area contributed by atoms with Crippen LogP contribution in [0.1, 0.15) is 21.1 Å². The number of carbonyl (C=O) groups is 1. The summed E-state index contributed by atoms with van der Waals surface area (Å²) in [5.41, 5.74) is 7.69. The molecule has 2 rings (SSSR count). The van der Waals surface area contributed by atoms with Gasteiger partial charge < -0.3 is 11.1 Å². The lowest BCUT2D eigenvalue weighted by molar-refractivity contribution is 0.102. The van der Waals surface area contributed by atoms with Gasteiger partial charge in [-0.1, -0.05) is 0 Å². The number of thiazole rings is 1. The smallest absolute Gasteiger partial charge is 0.275 e. The summed E-state index contributed by atoms with van der Waals surface area (Å²) in [5.74, 6) is -0.227. The minimum absolute atomic E-state index is 0.227. The van der Waals surface area contributed by atoms with Crippen LogP contribution in [0.2, 0.25) is 0 Å². The number of anilines is 1. The van der Waals surface area contributed by atoms with Crippen molar-refractivity contribution in [3.05, 3.63) is 42.7 Å². The number of hydrogen-bond donors (Lipinski definition) is 2. The first-order chi connectivity index (χ1) is 9.51. The minimum atomic E-state index is -0.227. The molecule has 4 nitrogen and oxygen atoms in total. The summed E-state index contributed by atoms with van der Waals surface area (Å²) in [5, 5.41) is 5.48. The first kappa shape index (κ1) is 15.6. The number of nitrogens with zero attached hydrogens (tertiary/aromatic N) is 1. The molecule has 20 heavy (non-hydrogen) atoms. The lowest BCUT2D eigenvalue weighted by Gasteiger charge is -2.09. The molecule has 0 saturated heterocycles. The zero-order chi connectivity index (χ0) is 14.7. The maximum atomic E-state index is 12.2. The maximum Gasteiger partial charge on any atom is 0.275 e. The minimum Gasteiger partial charge on any atom is -0.330 e. The van der Waals surface area contributed by atoms with Crippen LogP contribution in [0.25, 0.3) is 0 Å². The van der Waals surface area contributed by atoms with Crippen molar-refractivity contribution in [3.63, 3.8) is 0 Å². The summed E-state index contributed by atoms with van der Waals surface area (Å²) in [7, 11) is 0. The topological polar surface area (TPSA) is 68.0 Å². The van der Waals surface area contributed by atoms with Crippen LogP contribution in [-0.4, -0.2) is 17.4 Å². The van der Waals surface area contributed by atoms with Crippen LogP contribution in [0, 0.1) is 6.92 Å². The average Bonchev–Trinajstić information content (AvgIpc) is 2.82. The van der Waals surface area contributed by atoms with Gasteiger partial charge >= 0.3 is 0 Å². The van der Waals surface area contributed by atoms with Crippen molar-refractivity contribution in [2.45, 2.75) is 13.3 Å². The third-order valence-electron chi connectivity index (χ3n) is 2.57. The lowest BCUT2D eigenvalue weighted by Crippen LogP contribution is -2.13. The second-order valence-electron chi connectivity index (χ2n) is 4.22. The Hall–Kier alpha value is -0.760. The van der Waals surface area contributed by atoms with Crippen molar-refractivity contribution in [1.82, 2.24) is 4.98 Å². The molecule has 3 N–H and O–H groups in total. The van der Waals surface area contributed by atoms with E-state index in [4.69, 9.17) is 5.73 Å². The van der Waals surface area contributed by atoms with Gasteiger partial charge in [0.1, 0.15) is 5.69 Å². The highest BCUT2D eigenvalue weighted by atomic mass is 79.9. The Labute approximate surface area is 138 Å². The number of nitrogens with two attached hydrogens (primary N) is 1. The standard InChI is InChI=1S/C13H13Br2N3OS/c1-7-4-8(14)12(9(15)5-7)18-13(19)10-6-20-11(17-10)2-3-16/h4-6H,2-3,16H2,1H3,(H,18,19). The summed E-state index contributed by atoms with van der Waals surface area (Å²) in [6.45, 7) is 2.52. The van der Waals surface area contributed by atoms with Gasteiger partial charge in [-0.3, -0.25) is 4.79 Å². The highest BCUT2D eigenvalue weighted by Gasteiger charge is 2.14. The van der Waals surface area contributed by atoms with Gasteiger partial charge in [-0.25, -0.2) is 4.98 Å². The number of halogens is 2. The van der Waals surface area contributed by atoms with E-state index in [0.29, 0.717) is 24.3 Å². The fourth-order valence-electron chi connectivity index (χ4n) is 1.65. The first-order valence-corrected chi connectivity index (χ1v) is 8.39. The highest BCUT2D eigenvalue weighted by molar-refractivity contribution is 9.11. The first-order valence-electron chi connectivity index (χ1n) is 5.92.